The average molecular weight is 260 g/mol. The van der Waals surface area contributed by atoms with Crippen molar-refractivity contribution < 1.29 is 19.4 Å². The molecule has 0 rings (SSSR count). The highest BCUT2D eigenvalue weighted by atomic mass is 16.5. The molecule has 0 saturated carbocycles. The molecule has 0 fully saturated rings. The molecule has 2 amide bonds. The first kappa shape index (κ1) is 16.7. The molecule has 0 aliphatic carbocycles. The summed E-state index contributed by atoms with van der Waals surface area (Å²) in [5.41, 5.74) is -0.533. The first-order chi connectivity index (χ1) is 8.29. The van der Waals surface area contributed by atoms with Gasteiger partial charge in [-0.1, -0.05) is 20.8 Å². The van der Waals surface area contributed by atoms with Crippen LogP contribution in [0.2, 0.25) is 0 Å². The minimum atomic E-state index is -1.04. The predicted molar refractivity (Wildman–Crippen MR) is 68.5 cm³/mol. The minimum absolute atomic E-state index is 0.461. The number of carboxylic acids is 1. The minimum Gasteiger partial charge on any atom is -0.480 e. The molecule has 106 valence electrons. The van der Waals surface area contributed by atoms with Gasteiger partial charge in [-0.05, 0) is 18.8 Å². The van der Waals surface area contributed by atoms with Crippen LogP contribution in [0, 0.1) is 5.41 Å². The van der Waals surface area contributed by atoms with Crippen LogP contribution in [0.1, 0.15) is 34.1 Å². The second kappa shape index (κ2) is 7.92. The van der Waals surface area contributed by atoms with Crippen molar-refractivity contribution in [1.29, 1.82) is 0 Å². The first-order valence-electron chi connectivity index (χ1n) is 6.14. The maximum absolute atomic E-state index is 11.5. The van der Waals surface area contributed by atoms with E-state index in [9.17, 15) is 9.59 Å². The third-order valence-electron chi connectivity index (χ3n) is 2.34. The van der Waals surface area contributed by atoms with Crippen molar-refractivity contribution in [3.05, 3.63) is 0 Å². The van der Waals surface area contributed by atoms with Gasteiger partial charge in [-0.3, -0.25) is 0 Å². The van der Waals surface area contributed by atoms with Crippen LogP contribution in [-0.2, 0) is 9.53 Å². The van der Waals surface area contributed by atoms with Gasteiger partial charge in [0.2, 0.25) is 0 Å². The van der Waals surface area contributed by atoms with Crippen LogP contribution in [0.3, 0.4) is 0 Å². The highest BCUT2D eigenvalue weighted by Crippen LogP contribution is 2.19. The fourth-order valence-electron chi connectivity index (χ4n) is 1.35. The second-order valence-electron chi connectivity index (χ2n) is 5.09. The molecule has 0 radical (unpaired) electrons. The molecule has 0 aromatic rings. The van der Waals surface area contributed by atoms with Gasteiger partial charge in [0.1, 0.15) is 6.04 Å². The van der Waals surface area contributed by atoms with Crippen molar-refractivity contribution in [1.82, 2.24) is 10.6 Å². The topological polar surface area (TPSA) is 87.7 Å². The van der Waals surface area contributed by atoms with Gasteiger partial charge in [-0.2, -0.15) is 0 Å². The number of rotatable bonds is 7. The molecule has 1 atom stereocenters. The Hall–Kier alpha value is -1.30. The number of carboxylic acid groups (broad SMARTS) is 1. The molecule has 6 nitrogen and oxygen atoms in total. The maximum Gasteiger partial charge on any atom is 0.326 e. The smallest absolute Gasteiger partial charge is 0.326 e. The fourth-order valence-corrected chi connectivity index (χ4v) is 1.35. The molecule has 0 heterocycles. The lowest BCUT2D eigenvalue weighted by atomic mass is 9.87. The largest absolute Gasteiger partial charge is 0.480 e. The van der Waals surface area contributed by atoms with Crippen molar-refractivity contribution in [3.63, 3.8) is 0 Å². The number of urea groups is 1. The van der Waals surface area contributed by atoms with Crippen LogP contribution >= 0.6 is 0 Å². The number of nitrogens with one attached hydrogen (secondary N) is 2. The van der Waals surface area contributed by atoms with Gasteiger partial charge in [0, 0.05) is 19.8 Å². The van der Waals surface area contributed by atoms with Gasteiger partial charge in [-0.25, -0.2) is 9.59 Å². The first-order valence-corrected chi connectivity index (χ1v) is 6.14. The summed E-state index contributed by atoms with van der Waals surface area (Å²) in [6.07, 6.45) is 0.703. The van der Waals surface area contributed by atoms with Gasteiger partial charge in [0.25, 0.3) is 0 Å². The molecule has 0 saturated heterocycles. The Morgan fingerprint density at radius 3 is 2.39 bits per heavy atom. The number of hydrogen-bond acceptors (Lipinski definition) is 3. The van der Waals surface area contributed by atoms with E-state index in [0.717, 1.165) is 0 Å². The Bertz CT molecular complexity index is 274. The molecule has 0 aliphatic rings. The molecule has 0 aromatic heterocycles. The van der Waals surface area contributed by atoms with E-state index in [1.165, 1.54) is 0 Å². The van der Waals surface area contributed by atoms with E-state index in [1.807, 2.05) is 6.92 Å². The quantitative estimate of drug-likeness (QED) is 0.600. The van der Waals surface area contributed by atoms with E-state index in [4.69, 9.17) is 9.84 Å². The second-order valence-corrected chi connectivity index (χ2v) is 5.09. The molecular formula is C12H24N2O4. The number of hydrogen-bond donors (Lipinski definition) is 3. The van der Waals surface area contributed by atoms with E-state index in [2.05, 4.69) is 10.6 Å². The zero-order valence-electron chi connectivity index (χ0n) is 11.6. The third-order valence-corrected chi connectivity index (χ3v) is 2.34. The molecule has 0 spiro atoms. The fraction of sp³-hybridized carbons (Fsp3) is 0.833. The summed E-state index contributed by atoms with van der Waals surface area (Å²) in [5.74, 6) is -1.04. The molecular weight excluding hydrogens is 236 g/mol. The molecule has 18 heavy (non-hydrogen) atoms. The zero-order chi connectivity index (χ0) is 14.2. The van der Waals surface area contributed by atoms with Crippen LogP contribution in [0.5, 0.6) is 0 Å². The Labute approximate surface area is 108 Å². The number of carbonyl (C=O) groups is 2. The van der Waals surface area contributed by atoms with Crippen molar-refractivity contribution in [2.45, 2.75) is 40.2 Å². The van der Waals surface area contributed by atoms with Gasteiger partial charge in [-0.15, -0.1) is 0 Å². The summed E-state index contributed by atoms with van der Waals surface area (Å²) in [4.78, 5) is 22.5. The lowest BCUT2D eigenvalue weighted by Crippen LogP contribution is -2.52. The summed E-state index contributed by atoms with van der Waals surface area (Å²) >= 11 is 0. The average Bonchev–Trinajstić information content (AvgIpc) is 2.23. The molecule has 0 unspecified atom stereocenters. The summed E-state index contributed by atoms with van der Waals surface area (Å²) in [6, 6.07) is -1.38. The van der Waals surface area contributed by atoms with Gasteiger partial charge in [0.15, 0.2) is 0 Å². The van der Waals surface area contributed by atoms with Crippen molar-refractivity contribution in [2.24, 2.45) is 5.41 Å². The van der Waals surface area contributed by atoms with E-state index < -0.39 is 23.5 Å². The maximum atomic E-state index is 11.5. The van der Waals surface area contributed by atoms with E-state index in [-0.39, 0.29) is 0 Å². The summed E-state index contributed by atoms with van der Waals surface area (Å²) in [5, 5.41) is 14.1. The number of aliphatic carboxylic acids is 1. The standard InChI is InChI=1S/C12H24N2O4/c1-5-18-8-6-7-13-11(17)14-9(10(15)16)12(2,3)4/h9H,5-8H2,1-4H3,(H,15,16)(H2,13,14,17)/t9-/m0/s1. The summed E-state index contributed by atoms with van der Waals surface area (Å²) in [6.45, 7) is 8.89. The third kappa shape index (κ3) is 7.11. The highest BCUT2D eigenvalue weighted by Gasteiger charge is 2.32. The van der Waals surface area contributed by atoms with Crippen molar-refractivity contribution in [2.75, 3.05) is 19.8 Å². The zero-order valence-corrected chi connectivity index (χ0v) is 11.6. The van der Waals surface area contributed by atoms with E-state index >= 15 is 0 Å². The Kier molecular flexibility index (Phi) is 7.35. The van der Waals surface area contributed by atoms with Gasteiger partial charge < -0.3 is 20.5 Å². The van der Waals surface area contributed by atoms with Crippen molar-refractivity contribution >= 4 is 12.0 Å². The van der Waals surface area contributed by atoms with Crippen LogP contribution in [0.15, 0.2) is 0 Å². The SMILES string of the molecule is CCOCCCNC(=O)N[C@@H](C(=O)O)C(C)(C)C. The molecule has 0 aliphatic heterocycles. The van der Waals surface area contributed by atoms with Crippen molar-refractivity contribution in [3.8, 4) is 0 Å². The Balaban J connectivity index is 4.01. The van der Waals surface area contributed by atoms with Crippen LogP contribution in [0.4, 0.5) is 4.79 Å². The van der Waals surface area contributed by atoms with Gasteiger partial charge >= 0.3 is 12.0 Å². The van der Waals surface area contributed by atoms with Crippen LogP contribution in [-0.4, -0.2) is 42.9 Å². The van der Waals surface area contributed by atoms with E-state index in [0.29, 0.717) is 26.2 Å². The van der Waals surface area contributed by atoms with E-state index in [1.54, 1.807) is 20.8 Å². The monoisotopic (exact) mass is 260 g/mol. The Morgan fingerprint density at radius 2 is 1.94 bits per heavy atom. The molecule has 3 N–H and O–H groups in total. The number of amides is 2. The van der Waals surface area contributed by atoms with Crippen LogP contribution < -0.4 is 10.6 Å². The predicted octanol–water partition coefficient (Wildman–Crippen LogP) is 1.21. The molecule has 0 bridgehead atoms. The summed E-state index contributed by atoms with van der Waals surface area (Å²) < 4.78 is 5.12. The molecule has 0 aromatic carbocycles. The van der Waals surface area contributed by atoms with Crippen LogP contribution in [0.25, 0.3) is 0 Å². The van der Waals surface area contributed by atoms with Gasteiger partial charge in [0.05, 0.1) is 0 Å². The summed E-state index contributed by atoms with van der Waals surface area (Å²) in [7, 11) is 0. The lowest BCUT2D eigenvalue weighted by Gasteiger charge is -2.27. The molecule has 6 heteroatoms. The highest BCUT2D eigenvalue weighted by molar-refractivity contribution is 5.83. The number of carbonyl (C=O) groups excluding carboxylic acids is 1. The lowest BCUT2D eigenvalue weighted by molar-refractivity contribution is -0.141. The normalized spacial score (nSPS) is 12.9. The number of ether oxygens (including phenoxy) is 1. The Morgan fingerprint density at radius 1 is 1.33 bits per heavy atom.